The van der Waals surface area contributed by atoms with Gasteiger partial charge in [0.25, 0.3) is 0 Å². The van der Waals surface area contributed by atoms with E-state index in [1.165, 1.54) is 23.3 Å². The molecule has 0 aromatic heterocycles. The minimum Gasteiger partial charge on any atom is -0.307 e. The van der Waals surface area contributed by atoms with Crippen LogP contribution in [0.4, 0.5) is 0 Å². The summed E-state index contributed by atoms with van der Waals surface area (Å²) in [6.07, 6.45) is 4.48. The predicted molar refractivity (Wildman–Crippen MR) is 79.8 cm³/mol. The zero-order chi connectivity index (χ0) is 12.7. The molecule has 1 rings (SSSR count). The van der Waals surface area contributed by atoms with E-state index in [0.717, 1.165) is 6.42 Å². The summed E-state index contributed by atoms with van der Waals surface area (Å²) in [6, 6.07) is 10.0. The Balaban J connectivity index is 2.58. The summed E-state index contributed by atoms with van der Waals surface area (Å²) >= 11 is 1.92. The molecule has 0 spiro atoms. The molecule has 1 nitrogen and oxygen atoms in total. The fraction of sp³-hybridized carbons (Fsp3) is 0.600. The molecule has 2 atom stereocenters. The lowest BCUT2D eigenvalue weighted by molar-refractivity contribution is 0.475. The van der Waals surface area contributed by atoms with Gasteiger partial charge in [-0.05, 0) is 37.1 Å². The zero-order valence-corrected chi connectivity index (χ0v) is 12.3. The van der Waals surface area contributed by atoms with Crippen LogP contribution in [0.5, 0.6) is 0 Å². The second kappa shape index (κ2) is 7.78. The maximum atomic E-state index is 3.70. The molecular weight excluding hydrogens is 226 g/mol. The smallest absolute Gasteiger partial charge is 0.0294 e. The van der Waals surface area contributed by atoms with Crippen LogP contribution in [0.3, 0.4) is 0 Å². The van der Waals surface area contributed by atoms with E-state index < -0.39 is 0 Å². The summed E-state index contributed by atoms with van der Waals surface area (Å²) < 4.78 is 0. The van der Waals surface area contributed by atoms with Crippen molar-refractivity contribution in [2.45, 2.75) is 45.7 Å². The Morgan fingerprint density at radius 2 is 1.82 bits per heavy atom. The van der Waals surface area contributed by atoms with Gasteiger partial charge in [0.05, 0.1) is 0 Å². The van der Waals surface area contributed by atoms with E-state index in [0.29, 0.717) is 12.1 Å². The highest BCUT2D eigenvalue weighted by Gasteiger charge is 2.11. The Bertz CT molecular complexity index is 307. The van der Waals surface area contributed by atoms with E-state index in [2.05, 4.69) is 56.6 Å². The standard InChI is InChI=1S/C15H25NS/c1-5-13-7-9-14(10-8-13)12(3)16-15(6-2)11-17-4/h7-10,12,15-16H,5-6,11H2,1-4H3. The normalized spacial score (nSPS) is 14.6. The molecule has 0 saturated carbocycles. The quantitative estimate of drug-likeness (QED) is 0.785. The van der Waals surface area contributed by atoms with Crippen LogP contribution in [0.15, 0.2) is 24.3 Å². The first-order valence-electron chi connectivity index (χ1n) is 6.55. The van der Waals surface area contributed by atoms with E-state index in [1.54, 1.807) is 0 Å². The summed E-state index contributed by atoms with van der Waals surface area (Å²) in [5.41, 5.74) is 2.80. The van der Waals surface area contributed by atoms with Gasteiger partial charge in [-0.25, -0.2) is 0 Å². The SMILES string of the molecule is CCc1ccc(C(C)NC(CC)CSC)cc1. The summed E-state index contributed by atoms with van der Waals surface area (Å²) in [7, 11) is 0. The maximum Gasteiger partial charge on any atom is 0.0294 e. The Kier molecular flexibility index (Phi) is 6.68. The van der Waals surface area contributed by atoms with Crippen molar-refractivity contribution in [3.05, 3.63) is 35.4 Å². The van der Waals surface area contributed by atoms with Crippen LogP contribution < -0.4 is 5.32 Å². The number of aryl methyl sites for hydroxylation is 1. The predicted octanol–water partition coefficient (Wildman–Crippen LogP) is 4.04. The molecule has 17 heavy (non-hydrogen) atoms. The van der Waals surface area contributed by atoms with E-state index in [4.69, 9.17) is 0 Å². The first-order chi connectivity index (χ1) is 8.21. The topological polar surface area (TPSA) is 12.0 Å². The summed E-state index contributed by atoms with van der Waals surface area (Å²) in [6.45, 7) is 6.70. The van der Waals surface area contributed by atoms with E-state index >= 15 is 0 Å². The first kappa shape index (κ1) is 14.6. The fourth-order valence-corrected chi connectivity index (χ4v) is 2.71. The van der Waals surface area contributed by atoms with Crippen molar-refractivity contribution < 1.29 is 0 Å². The molecule has 96 valence electrons. The molecule has 0 amide bonds. The average Bonchev–Trinajstić information content (AvgIpc) is 2.38. The maximum absolute atomic E-state index is 3.70. The molecule has 0 fully saturated rings. The van der Waals surface area contributed by atoms with Gasteiger partial charge in [0.2, 0.25) is 0 Å². The van der Waals surface area contributed by atoms with Crippen molar-refractivity contribution in [3.63, 3.8) is 0 Å². The van der Waals surface area contributed by atoms with Gasteiger partial charge in [-0.3, -0.25) is 0 Å². The van der Waals surface area contributed by atoms with Crippen LogP contribution in [0.1, 0.15) is 44.4 Å². The molecule has 1 aromatic rings. The monoisotopic (exact) mass is 251 g/mol. The van der Waals surface area contributed by atoms with Gasteiger partial charge in [-0.2, -0.15) is 11.8 Å². The van der Waals surface area contributed by atoms with Crippen LogP contribution >= 0.6 is 11.8 Å². The van der Waals surface area contributed by atoms with Crippen LogP contribution in [0.25, 0.3) is 0 Å². The number of thioether (sulfide) groups is 1. The van der Waals surface area contributed by atoms with Crippen LogP contribution in [0.2, 0.25) is 0 Å². The molecular formula is C15H25NS. The molecule has 0 saturated heterocycles. The highest BCUT2D eigenvalue weighted by Crippen LogP contribution is 2.16. The molecule has 0 bridgehead atoms. The number of benzene rings is 1. The van der Waals surface area contributed by atoms with Crippen LogP contribution in [0, 0.1) is 0 Å². The van der Waals surface area contributed by atoms with Gasteiger partial charge in [0, 0.05) is 17.8 Å². The van der Waals surface area contributed by atoms with Gasteiger partial charge < -0.3 is 5.32 Å². The largest absolute Gasteiger partial charge is 0.307 e. The van der Waals surface area contributed by atoms with E-state index in [9.17, 15) is 0 Å². The van der Waals surface area contributed by atoms with E-state index in [-0.39, 0.29) is 0 Å². The van der Waals surface area contributed by atoms with Crippen molar-refractivity contribution in [3.8, 4) is 0 Å². The summed E-state index contributed by atoms with van der Waals surface area (Å²) in [4.78, 5) is 0. The van der Waals surface area contributed by atoms with Crippen LogP contribution in [-0.2, 0) is 6.42 Å². The van der Waals surface area contributed by atoms with Crippen LogP contribution in [-0.4, -0.2) is 18.1 Å². The lowest BCUT2D eigenvalue weighted by Gasteiger charge is -2.22. The first-order valence-corrected chi connectivity index (χ1v) is 7.94. The Hall–Kier alpha value is -0.470. The van der Waals surface area contributed by atoms with Gasteiger partial charge >= 0.3 is 0 Å². The lowest BCUT2D eigenvalue weighted by atomic mass is 10.0. The average molecular weight is 251 g/mol. The Morgan fingerprint density at radius 3 is 2.29 bits per heavy atom. The Morgan fingerprint density at radius 1 is 1.18 bits per heavy atom. The molecule has 1 N–H and O–H groups in total. The molecule has 0 heterocycles. The number of nitrogens with one attached hydrogen (secondary N) is 1. The Labute approximate surface area is 110 Å². The van der Waals surface area contributed by atoms with Gasteiger partial charge in [-0.15, -0.1) is 0 Å². The molecule has 0 radical (unpaired) electrons. The third-order valence-corrected chi connectivity index (χ3v) is 3.97. The summed E-state index contributed by atoms with van der Waals surface area (Å²) in [5.74, 6) is 1.19. The van der Waals surface area contributed by atoms with Crippen molar-refractivity contribution in [1.29, 1.82) is 0 Å². The van der Waals surface area contributed by atoms with Crippen molar-refractivity contribution in [2.24, 2.45) is 0 Å². The molecule has 2 heteroatoms. The highest BCUT2D eigenvalue weighted by atomic mass is 32.2. The number of hydrogen-bond acceptors (Lipinski definition) is 2. The van der Waals surface area contributed by atoms with Crippen molar-refractivity contribution in [1.82, 2.24) is 5.32 Å². The van der Waals surface area contributed by atoms with Gasteiger partial charge in [0.15, 0.2) is 0 Å². The third-order valence-electron chi connectivity index (χ3n) is 3.23. The summed E-state index contributed by atoms with van der Waals surface area (Å²) in [5, 5.41) is 3.70. The second-order valence-electron chi connectivity index (χ2n) is 4.54. The number of hydrogen-bond donors (Lipinski definition) is 1. The molecule has 2 unspecified atom stereocenters. The molecule has 0 aliphatic heterocycles. The van der Waals surface area contributed by atoms with Crippen molar-refractivity contribution in [2.75, 3.05) is 12.0 Å². The molecule has 0 aliphatic carbocycles. The van der Waals surface area contributed by atoms with Crippen molar-refractivity contribution >= 4 is 11.8 Å². The van der Waals surface area contributed by atoms with Gasteiger partial charge in [-0.1, -0.05) is 38.1 Å². The highest BCUT2D eigenvalue weighted by molar-refractivity contribution is 7.98. The number of rotatable bonds is 7. The third kappa shape index (κ3) is 4.72. The minimum absolute atomic E-state index is 0.443. The second-order valence-corrected chi connectivity index (χ2v) is 5.45. The molecule has 0 aliphatic rings. The molecule has 1 aromatic carbocycles. The van der Waals surface area contributed by atoms with Gasteiger partial charge in [0.1, 0.15) is 0 Å². The fourth-order valence-electron chi connectivity index (χ4n) is 1.98. The lowest BCUT2D eigenvalue weighted by Crippen LogP contribution is -2.32. The minimum atomic E-state index is 0.443. The zero-order valence-electron chi connectivity index (χ0n) is 11.5. The van der Waals surface area contributed by atoms with E-state index in [1.807, 2.05) is 11.8 Å².